The summed E-state index contributed by atoms with van der Waals surface area (Å²) in [5, 5.41) is 0. The first-order valence-corrected chi connectivity index (χ1v) is 8.88. The average Bonchev–Trinajstić information content (AvgIpc) is 2.89. The second-order valence-corrected chi connectivity index (χ2v) is 6.94. The first-order chi connectivity index (χ1) is 11.7. The van der Waals surface area contributed by atoms with Crippen molar-refractivity contribution in [3.05, 3.63) is 78.1 Å². The summed E-state index contributed by atoms with van der Waals surface area (Å²) in [6.45, 7) is 2.51. The van der Waals surface area contributed by atoms with E-state index in [4.69, 9.17) is 9.47 Å². The van der Waals surface area contributed by atoms with Crippen molar-refractivity contribution in [2.75, 3.05) is 12.4 Å². The molecule has 0 aliphatic carbocycles. The van der Waals surface area contributed by atoms with Gasteiger partial charge in [-0.3, -0.25) is 4.79 Å². The van der Waals surface area contributed by atoms with Crippen LogP contribution in [-0.4, -0.2) is 23.7 Å². The third kappa shape index (κ3) is 4.28. The molecule has 0 amide bonds. The maximum atomic E-state index is 12.3. The Kier molecular flexibility index (Phi) is 5.38. The highest BCUT2D eigenvalue weighted by Crippen LogP contribution is 2.30. The molecule has 2 aromatic rings. The number of benzene rings is 2. The van der Waals surface area contributed by atoms with E-state index in [-0.39, 0.29) is 12.4 Å². The highest BCUT2D eigenvalue weighted by atomic mass is 32.2. The minimum atomic E-state index is -0.915. The fraction of sp³-hybridized carbons (Fsp3) is 0.250. The molecule has 4 heteroatoms. The van der Waals surface area contributed by atoms with Crippen molar-refractivity contribution in [1.82, 2.24) is 0 Å². The topological polar surface area (TPSA) is 35.5 Å². The van der Waals surface area contributed by atoms with Gasteiger partial charge in [0.05, 0.1) is 19.0 Å². The number of carbonyl (C=O) groups excluding carboxylic acids is 1. The van der Waals surface area contributed by atoms with Crippen molar-refractivity contribution >= 4 is 17.5 Å². The highest BCUT2D eigenvalue weighted by Gasteiger charge is 2.40. The van der Waals surface area contributed by atoms with E-state index in [0.717, 1.165) is 10.5 Å². The minimum Gasteiger partial charge on any atom is -0.480 e. The third-order valence-electron chi connectivity index (χ3n) is 3.78. The molecule has 1 atom stereocenters. The van der Waals surface area contributed by atoms with Crippen LogP contribution in [0.1, 0.15) is 12.5 Å². The number of ketones is 1. The maximum absolute atomic E-state index is 12.3. The van der Waals surface area contributed by atoms with Gasteiger partial charge in [-0.15, -0.1) is 11.8 Å². The smallest absolute Gasteiger partial charge is 0.204 e. The molecule has 0 bridgehead atoms. The van der Waals surface area contributed by atoms with E-state index in [0.29, 0.717) is 18.1 Å². The predicted octanol–water partition coefficient (Wildman–Crippen LogP) is 4.24. The van der Waals surface area contributed by atoms with Gasteiger partial charge in [-0.1, -0.05) is 48.5 Å². The van der Waals surface area contributed by atoms with E-state index in [2.05, 4.69) is 0 Å². The Balaban J connectivity index is 1.49. The first-order valence-electron chi connectivity index (χ1n) is 7.89. The summed E-state index contributed by atoms with van der Waals surface area (Å²) < 4.78 is 11.6. The Morgan fingerprint density at radius 3 is 2.42 bits per heavy atom. The fourth-order valence-electron chi connectivity index (χ4n) is 2.45. The molecule has 124 valence electrons. The SMILES string of the molecule is CC1(COCc2ccccc2)OC(CSc2ccccc2)=CC1=O. The van der Waals surface area contributed by atoms with Crippen LogP contribution < -0.4 is 0 Å². The largest absolute Gasteiger partial charge is 0.480 e. The number of hydrogen-bond donors (Lipinski definition) is 0. The van der Waals surface area contributed by atoms with Gasteiger partial charge in [-0.2, -0.15) is 0 Å². The molecule has 0 spiro atoms. The van der Waals surface area contributed by atoms with Crippen LogP contribution in [0.25, 0.3) is 0 Å². The van der Waals surface area contributed by atoms with E-state index in [1.54, 1.807) is 24.8 Å². The minimum absolute atomic E-state index is 0.0285. The maximum Gasteiger partial charge on any atom is 0.204 e. The van der Waals surface area contributed by atoms with Gasteiger partial charge in [0.1, 0.15) is 5.76 Å². The number of rotatable bonds is 7. The molecule has 1 aliphatic rings. The van der Waals surface area contributed by atoms with Gasteiger partial charge >= 0.3 is 0 Å². The Hall–Kier alpha value is -2.04. The zero-order chi connectivity index (χ0) is 16.8. The lowest BCUT2D eigenvalue weighted by Crippen LogP contribution is -2.38. The Bertz CT molecular complexity index is 712. The van der Waals surface area contributed by atoms with Crippen LogP contribution in [0.5, 0.6) is 0 Å². The summed E-state index contributed by atoms with van der Waals surface area (Å²) in [5.74, 6) is 1.32. The summed E-state index contributed by atoms with van der Waals surface area (Å²) in [7, 11) is 0. The molecule has 1 unspecified atom stereocenters. The van der Waals surface area contributed by atoms with Gasteiger partial charge in [-0.25, -0.2) is 0 Å². The average molecular weight is 340 g/mol. The standard InChI is InChI=1S/C20H20O3S/c1-20(15-22-13-16-8-4-2-5-9-16)19(21)12-17(23-20)14-24-18-10-6-3-7-11-18/h2-12H,13-15H2,1H3. The lowest BCUT2D eigenvalue weighted by atomic mass is 10.0. The van der Waals surface area contributed by atoms with Gasteiger partial charge < -0.3 is 9.47 Å². The summed E-state index contributed by atoms with van der Waals surface area (Å²) >= 11 is 1.65. The van der Waals surface area contributed by atoms with Crippen LogP contribution in [0.3, 0.4) is 0 Å². The molecule has 24 heavy (non-hydrogen) atoms. The van der Waals surface area contributed by atoms with Crippen LogP contribution in [-0.2, 0) is 20.9 Å². The Morgan fingerprint density at radius 1 is 1.04 bits per heavy atom. The molecular weight excluding hydrogens is 320 g/mol. The zero-order valence-corrected chi connectivity index (χ0v) is 14.4. The Morgan fingerprint density at radius 2 is 1.71 bits per heavy atom. The van der Waals surface area contributed by atoms with E-state index < -0.39 is 5.60 Å². The van der Waals surface area contributed by atoms with Gasteiger partial charge in [0, 0.05) is 11.0 Å². The normalized spacial score (nSPS) is 19.9. The van der Waals surface area contributed by atoms with Crippen LogP contribution in [0.4, 0.5) is 0 Å². The van der Waals surface area contributed by atoms with E-state index in [1.165, 1.54) is 0 Å². The van der Waals surface area contributed by atoms with E-state index >= 15 is 0 Å². The van der Waals surface area contributed by atoms with Crippen LogP contribution in [0, 0.1) is 0 Å². The van der Waals surface area contributed by atoms with Crippen LogP contribution >= 0.6 is 11.8 Å². The van der Waals surface area contributed by atoms with Crippen molar-refractivity contribution in [1.29, 1.82) is 0 Å². The summed E-state index contributed by atoms with van der Waals surface area (Å²) in [5.41, 5.74) is 0.167. The van der Waals surface area contributed by atoms with Crippen molar-refractivity contribution in [3.63, 3.8) is 0 Å². The molecule has 3 nitrogen and oxygen atoms in total. The van der Waals surface area contributed by atoms with Crippen molar-refractivity contribution < 1.29 is 14.3 Å². The number of hydrogen-bond acceptors (Lipinski definition) is 4. The van der Waals surface area contributed by atoms with Crippen molar-refractivity contribution in [2.45, 2.75) is 24.0 Å². The molecule has 0 aromatic heterocycles. The molecule has 2 aromatic carbocycles. The Labute approximate surface area is 146 Å². The molecule has 1 heterocycles. The molecule has 0 saturated heterocycles. The summed E-state index contributed by atoms with van der Waals surface area (Å²) in [6, 6.07) is 20.0. The van der Waals surface area contributed by atoms with Gasteiger partial charge in [0.2, 0.25) is 5.78 Å². The zero-order valence-electron chi connectivity index (χ0n) is 13.6. The number of thioether (sulfide) groups is 1. The lowest BCUT2D eigenvalue weighted by Gasteiger charge is -2.23. The fourth-order valence-corrected chi connectivity index (χ4v) is 3.25. The van der Waals surface area contributed by atoms with Crippen LogP contribution in [0.2, 0.25) is 0 Å². The first kappa shape index (κ1) is 16.8. The predicted molar refractivity (Wildman–Crippen MR) is 95.8 cm³/mol. The van der Waals surface area contributed by atoms with E-state index in [9.17, 15) is 4.79 Å². The number of ether oxygens (including phenoxy) is 2. The molecular formula is C20H20O3S. The van der Waals surface area contributed by atoms with Gasteiger partial charge in [-0.05, 0) is 24.6 Å². The van der Waals surface area contributed by atoms with Gasteiger partial charge in [0.25, 0.3) is 0 Å². The monoisotopic (exact) mass is 340 g/mol. The third-order valence-corrected chi connectivity index (χ3v) is 4.82. The van der Waals surface area contributed by atoms with Crippen molar-refractivity contribution in [2.24, 2.45) is 0 Å². The molecule has 0 N–H and O–H groups in total. The second kappa shape index (κ2) is 7.69. The van der Waals surface area contributed by atoms with Crippen molar-refractivity contribution in [3.8, 4) is 0 Å². The molecule has 3 rings (SSSR count). The quantitative estimate of drug-likeness (QED) is 0.706. The summed E-state index contributed by atoms with van der Waals surface area (Å²) in [6.07, 6.45) is 1.60. The second-order valence-electron chi connectivity index (χ2n) is 5.89. The lowest BCUT2D eigenvalue weighted by molar-refractivity contribution is -0.135. The van der Waals surface area contributed by atoms with Gasteiger partial charge in [0.15, 0.2) is 5.60 Å². The molecule has 1 aliphatic heterocycles. The molecule has 0 saturated carbocycles. The molecule has 0 radical (unpaired) electrons. The highest BCUT2D eigenvalue weighted by molar-refractivity contribution is 7.99. The van der Waals surface area contributed by atoms with Crippen LogP contribution in [0.15, 0.2) is 77.4 Å². The molecule has 0 fully saturated rings. The summed E-state index contributed by atoms with van der Waals surface area (Å²) in [4.78, 5) is 13.4. The number of carbonyl (C=O) groups is 1. The van der Waals surface area contributed by atoms with E-state index in [1.807, 2.05) is 60.7 Å².